The molecule has 1 atom stereocenters. The van der Waals surface area contributed by atoms with E-state index >= 15 is 0 Å². The van der Waals surface area contributed by atoms with E-state index in [1.54, 1.807) is 19.2 Å². The number of ether oxygens (including phenoxy) is 1. The smallest absolute Gasteiger partial charge is 0.225 e. The molecule has 0 saturated carbocycles. The van der Waals surface area contributed by atoms with Crippen molar-refractivity contribution in [2.45, 2.75) is 19.8 Å². The Morgan fingerprint density at radius 3 is 2.85 bits per heavy atom. The SMILES string of the molecule is COCCCS(=O)CCC(=O)Nc1cc(N)ccc1C. The first-order valence-electron chi connectivity index (χ1n) is 6.53. The van der Waals surface area contributed by atoms with Gasteiger partial charge in [-0.25, -0.2) is 0 Å². The lowest BCUT2D eigenvalue weighted by Crippen LogP contribution is -2.16. The van der Waals surface area contributed by atoms with Crippen molar-refractivity contribution in [3.63, 3.8) is 0 Å². The van der Waals surface area contributed by atoms with Crippen LogP contribution in [0.3, 0.4) is 0 Å². The topological polar surface area (TPSA) is 81.4 Å². The van der Waals surface area contributed by atoms with Crippen LogP contribution in [0.25, 0.3) is 0 Å². The second-order valence-electron chi connectivity index (χ2n) is 4.57. The number of hydrogen-bond acceptors (Lipinski definition) is 4. The van der Waals surface area contributed by atoms with Crippen LogP contribution < -0.4 is 11.1 Å². The zero-order valence-corrected chi connectivity index (χ0v) is 12.8. The van der Waals surface area contributed by atoms with Crippen molar-refractivity contribution < 1.29 is 13.7 Å². The molecule has 0 aromatic heterocycles. The van der Waals surface area contributed by atoms with Gasteiger partial charge in [0, 0.05) is 53.8 Å². The molecule has 1 rings (SSSR count). The molecule has 0 bridgehead atoms. The molecule has 20 heavy (non-hydrogen) atoms. The minimum Gasteiger partial charge on any atom is -0.399 e. The second kappa shape index (κ2) is 8.71. The average Bonchev–Trinajstić information content (AvgIpc) is 2.41. The maximum atomic E-state index is 11.8. The van der Waals surface area contributed by atoms with E-state index in [9.17, 15) is 9.00 Å². The third-order valence-corrected chi connectivity index (χ3v) is 4.22. The van der Waals surface area contributed by atoms with Crippen LogP contribution in [-0.4, -0.2) is 35.3 Å². The zero-order chi connectivity index (χ0) is 15.0. The maximum Gasteiger partial charge on any atom is 0.225 e. The van der Waals surface area contributed by atoms with Crippen molar-refractivity contribution >= 4 is 28.1 Å². The standard InChI is InChI=1S/C14H22N2O3S/c1-11-4-5-12(15)10-13(11)16-14(17)6-9-20(18)8-3-7-19-2/h4-5,10H,3,6-9,15H2,1-2H3,(H,16,17). The van der Waals surface area contributed by atoms with Gasteiger partial charge in [-0.05, 0) is 31.0 Å². The highest BCUT2D eigenvalue weighted by atomic mass is 32.2. The van der Waals surface area contributed by atoms with Crippen molar-refractivity contribution in [2.24, 2.45) is 0 Å². The number of benzene rings is 1. The number of carbonyl (C=O) groups is 1. The third-order valence-electron chi connectivity index (χ3n) is 2.81. The Kier molecular flexibility index (Phi) is 7.25. The molecule has 6 heteroatoms. The van der Waals surface area contributed by atoms with Crippen LogP contribution in [0, 0.1) is 6.92 Å². The fourth-order valence-electron chi connectivity index (χ4n) is 1.66. The number of nitrogen functional groups attached to an aromatic ring is 1. The highest BCUT2D eigenvalue weighted by molar-refractivity contribution is 7.84. The molecule has 0 heterocycles. The van der Waals surface area contributed by atoms with E-state index < -0.39 is 10.8 Å². The first-order chi connectivity index (χ1) is 9.52. The Morgan fingerprint density at radius 1 is 1.40 bits per heavy atom. The van der Waals surface area contributed by atoms with Gasteiger partial charge in [0.15, 0.2) is 0 Å². The Labute approximate surface area is 122 Å². The summed E-state index contributed by atoms with van der Waals surface area (Å²) in [5.41, 5.74) is 7.95. The highest BCUT2D eigenvalue weighted by Crippen LogP contribution is 2.18. The van der Waals surface area contributed by atoms with E-state index in [2.05, 4.69) is 5.32 Å². The lowest BCUT2D eigenvalue weighted by Gasteiger charge is -2.09. The Bertz CT molecular complexity index is 477. The number of carbonyl (C=O) groups excluding carboxylic acids is 1. The molecule has 0 saturated heterocycles. The molecule has 1 amide bonds. The van der Waals surface area contributed by atoms with Crippen LogP contribution in [0.15, 0.2) is 18.2 Å². The Morgan fingerprint density at radius 2 is 2.15 bits per heavy atom. The third kappa shape index (κ3) is 6.16. The number of anilines is 2. The van der Waals surface area contributed by atoms with Crippen LogP contribution in [0.4, 0.5) is 11.4 Å². The molecule has 5 nitrogen and oxygen atoms in total. The van der Waals surface area contributed by atoms with E-state index in [0.29, 0.717) is 29.5 Å². The lowest BCUT2D eigenvalue weighted by molar-refractivity contribution is -0.115. The first-order valence-corrected chi connectivity index (χ1v) is 8.01. The van der Waals surface area contributed by atoms with Gasteiger partial charge in [-0.15, -0.1) is 0 Å². The van der Waals surface area contributed by atoms with E-state index in [0.717, 1.165) is 12.0 Å². The van der Waals surface area contributed by atoms with Gasteiger partial charge < -0.3 is 15.8 Å². The van der Waals surface area contributed by atoms with Gasteiger partial charge in [0.1, 0.15) is 0 Å². The van der Waals surface area contributed by atoms with Gasteiger partial charge in [-0.2, -0.15) is 0 Å². The summed E-state index contributed by atoms with van der Waals surface area (Å²) in [5.74, 6) is 0.800. The molecule has 0 spiro atoms. The molecular weight excluding hydrogens is 276 g/mol. The molecule has 0 fully saturated rings. The van der Waals surface area contributed by atoms with Gasteiger partial charge in [-0.1, -0.05) is 6.07 Å². The molecule has 0 aliphatic heterocycles. The molecule has 112 valence electrons. The Balaban J connectivity index is 2.36. The quantitative estimate of drug-likeness (QED) is 0.565. The van der Waals surface area contributed by atoms with Gasteiger partial charge in [-0.3, -0.25) is 9.00 Å². The van der Waals surface area contributed by atoms with E-state index in [1.807, 2.05) is 13.0 Å². The number of methoxy groups -OCH3 is 1. The van der Waals surface area contributed by atoms with Crippen LogP contribution in [0.5, 0.6) is 0 Å². The molecule has 1 aromatic rings. The molecule has 0 aliphatic rings. The first kappa shape index (κ1) is 16.7. The lowest BCUT2D eigenvalue weighted by atomic mass is 10.2. The highest BCUT2D eigenvalue weighted by Gasteiger charge is 2.08. The molecular formula is C14H22N2O3S. The minimum atomic E-state index is -0.975. The number of rotatable bonds is 8. The van der Waals surface area contributed by atoms with Gasteiger partial charge in [0.05, 0.1) is 0 Å². The summed E-state index contributed by atoms with van der Waals surface area (Å²) >= 11 is 0. The fourth-order valence-corrected chi connectivity index (χ4v) is 2.72. The number of amides is 1. The minimum absolute atomic E-state index is 0.140. The van der Waals surface area contributed by atoms with Crippen molar-refractivity contribution in [2.75, 3.05) is 36.3 Å². The van der Waals surface area contributed by atoms with E-state index in [1.165, 1.54) is 0 Å². The normalized spacial score (nSPS) is 12.1. The largest absolute Gasteiger partial charge is 0.399 e. The summed E-state index contributed by atoms with van der Waals surface area (Å²) in [5, 5.41) is 2.80. The predicted molar refractivity (Wildman–Crippen MR) is 83.2 cm³/mol. The summed E-state index contributed by atoms with van der Waals surface area (Å²) < 4.78 is 16.5. The summed E-state index contributed by atoms with van der Waals surface area (Å²) in [6.45, 7) is 2.50. The molecule has 0 aliphatic carbocycles. The van der Waals surface area contributed by atoms with Gasteiger partial charge >= 0.3 is 0 Å². The average molecular weight is 298 g/mol. The summed E-state index contributed by atoms with van der Waals surface area (Å²) in [4.78, 5) is 11.8. The van der Waals surface area contributed by atoms with Crippen molar-refractivity contribution in [1.82, 2.24) is 0 Å². The molecule has 3 N–H and O–H groups in total. The zero-order valence-electron chi connectivity index (χ0n) is 12.0. The van der Waals surface area contributed by atoms with Crippen molar-refractivity contribution in [3.8, 4) is 0 Å². The van der Waals surface area contributed by atoms with Crippen molar-refractivity contribution in [3.05, 3.63) is 23.8 Å². The van der Waals surface area contributed by atoms with Gasteiger partial charge in [0.25, 0.3) is 0 Å². The number of hydrogen-bond donors (Lipinski definition) is 2. The van der Waals surface area contributed by atoms with Gasteiger partial charge in [0.2, 0.25) is 5.91 Å². The maximum absolute atomic E-state index is 11.8. The van der Waals surface area contributed by atoms with Crippen LogP contribution in [0.1, 0.15) is 18.4 Å². The summed E-state index contributed by atoms with van der Waals surface area (Å²) in [7, 11) is 0.640. The monoisotopic (exact) mass is 298 g/mol. The number of nitrogens with two attached hydrogens (primary N) is 1. The van der Waals surface area contributed by atoms with Crippen LogP contribution in [-0.2, 0) is 20.3 Å². The van der Waals surface area contributed by atoms with Crippen molar-refractivity contribution in [1.29, 1.82) is 0 Å². The summed E-state index contributed by atoms with van der Waals surface area (Å²) in [6, 6.07) is 5.37. The Hall–Kier alpha value is -1.40. The molecule has 1 unspecified atom stereocenters. The second-order valence-corrected chi connectivity index (χ2v) is 6.26. The predicted octanol–water partition coefficient (Wildman–Crippen LogP) is 1.69. The van der Waals surface area contributed by atoms with E-state index in [4.69, 9.17) is 10.5 Å². The van der Waals surface area contributed by atoms with Crippen LogP contribution in [0.2, 0.25) is 0 Å². The molecule has 0 radical (unpaired) electrons. The van der Waals surface area contributed by atoms with Crippen LogP contribution >= 0.6 is 0 Å². The molecule has 1 aromatic carbocycles. The number of aryl methyl sites for hydroxylation is 1. The van der Waals surface area contributed by atoms with E-state index in [-0.39, 0.29) is 12.3 Å². The summed E-state index contributed by atoms with van der Waals surface area (Å²) in [6.07, 6.45) is 0.993. The number of nitrogens with one attached hydrogen (secondary N) is 1. The fraction of sp³-hybridized carbons (Fsp3) is 0.500.